The summed E-state index contributed by atoms with van der Waals surface area (Å²) in [5.74, 6) is 0.494. The van der Waals surface area contributed by atoms with Gasteiger partial charge in [0.1, 0.15) is 11.5 Å². The molecule has 1 aliphatic rings. The number of carbonyl (C=O) groups excluding carboxylic acids is 1. The molecule has 1 aliphatic heterocycles. The molecule has 0 unspecified atom stereocenters. The normalized spacial score (nSPS) is 14.1. The van der Waals surface area contributed by atoms with Crippen molar-refractivity contribution in [3.8, 4) is 11.3 Å². The van der Waals surface area contributed by atoms with Gasteiger partial charge in [-0.05, 0) is 24.3 Å². The van der Waals surface area contributed by atoms with Gasteiger partial charge >= 0.3 is 6.18 Å². The Balaban J connectivity index is 1.61. The summed E-state index contributed by atoms with van der Waals surface area (Å²) in [5.41, 5.74) is 1.45. The van der Waals surface area contributed by atoms with Gasteiger partial charge in [-0.25, -0.2) is 0 Å². The summed E-state index contributed by atoms with van der Waals surface area (Å²) in [4.78, 5) is 18.3. The van der Waals surface area contributed by atoms with E-state index in [1.165, 1.54) is 18.3 Å². The number of fused-ring (bicyclic) bond motifs is 1. The van der Waals surface area contributed by atoms with Crippen molar-refractivity contribution in [2.24, 2.45) is 0 Å². The molecule has 0 bridgehead atoms. The molecule has 0 saturated carbocycles. The van der Waals surface area contributed by atoms with Gasteiger partial charge in [-0.1, -0.05) is 17.3 Å². The molecule has 0 radical (unpaired) electrons. The molecule has 0 spiro atoms. The van der Waals surface area contributed by atoms with Crippen LogP contribution in [0.25, 0.3) is 11.3 Å². The lowest BCUT2D eigenvalue weighted by atomic mass is 10.00. The summed E-state index contributed by atoms with van der Waals surface area (Å²) in [7, 11) is 0. The summed E-state index contributed by atoms with van der Waals surface area (Å²) in [6.07, 6.45) is -0.806. The third-order valence-corrected chi connectivity index (χ3v) is 4.51. The quantitative estimate of drug-likeness (QED) is 0.682. The van der Waals surface area contributed by atoms with Gasteiger partial charge in [0.05, 0.1) is 17.7 Å². The van der Waals surface area contributed by atoms with Gasteiger partial charge < -0.3 is 9.42 Å². The lowest BCUT2D eigenvalue weighted by molar-refractivity contribution is -0.137. The Morgan fingerprint density at radius 2 is 1.93 bits per heavy atom. The summed E-state index contributed by atoms with van der Waals surface area (Å²) in [5, 5.41) is 4.02. The highest BCUT2D eigenvalue weighted by atomic mass is 19.4. The van der Waals surface area contributed by atoms with Crippen molar-refractivity contribution in [3.05, 3.63) is 71.2 Å². The molecule has 2 aromatic heterocycles. The standard InChI is InChI=1S/C19H14F3N3O2/c20-19(21,22)14-5-3-12(4-6-14)17-15-11-25(9-7-16(15)27-24-17)18(26)13-2-1-8-23-10-13/h1-6,8,10H,7,9,11H2. The van der Waals surface area contributed by atoms with E-state index in [9.17, 15) is 18.0 Å². The Kier molecular flexibility index (Phi) is 4.18. The van der Waals surface area contributed by atoms with Crippen molar-refractivity contribution in [2.45, 2.75) is 19.1 Å². The lowest BCUT2D eigenvalue weighted by Crippen LogP contribution is -2.35. The zero-order chi connectivity index (χ0) is 19.0. The average molecular weight is 373 g/mol. The Labute approximate surface area is 152 Å². The summed E-state index contributed by atoms with van der Waals surface area (Å²) in [6, 6.07) is 8.13. The van der Waals surface area contributed by atoms with E-state index in [2.05, 4.69) is 10.1 Å². The van der Waals surface area contributed by atoms with E-state index >= 15 is 0 Å². The monoisotopic (exact) mass is 373 g/mol. The minimum absolute atomic E-state index is 0.159. The predicted octanol–water partition coefficient (Wildman–Crippen LogP) is 3.95. The van der Waals surface area contributed by atoms with E-state index in [0.717, 1.165) is 17.7 Å². The summed E-state index contributed by atoms with van der Waals surface area (Å²) < 4.78 is 43.6. The van der Waals surface area contributed by atoms with Gasteiger partial charge in [-0.15, -0.1) is 0 Å². The third-order valence-electron chi connectivity index (χ3n) is 4.51. The highest BCUT2D eigenvalue weighted by Gasteiger charge is 2.31. The number of alkyl halides is 3. The number of rotatable bonds is 2. The molecule has 0 saturated heterocycles. The first-order valence-electron chi connectivity index (χ1n) is 8.28. The van der Waals surface area contributed by atoms with Crippen LogP contribution in [0.15, 0.2) is 53.3 Å². The number of halogens is 3. The van der Waals surface area contributed by atoms with Crippen molar-refractivity contribution in [3.63, 3.8) is 0 Å². The number of nitrogens with zero attached hydrogens (tertiary/aromatic N) is 3. The van der Waals surface area contributed by atoms with Crippen LogP contribution in [0.1, 0.15) is 27.2 Å². The molecule has 1 amide bonds. The smallest absolute Gasteiger partial charge is 0.360 e. The summed E-state index contributed by atoms with van der Waals surface area (Å²) in [6.45, 7) is 0.755. The van der Waals surface area contributed by atoms with Crippen LogP contribution in [0.2, 0.25) is 0 Å². The molecule has 138 valence electrons. The van der Waals surface area contributed by atoms with E-state index in [0.29, 0.717) is 35.5 Å². The van der Waals surface area contributed by atoms with E-state index < -0.39 is 11.7 Å². The van der Waals surface area contributed by atoms with Crippen LogP contribution in [-0.4, -0.2) is 27.5 Å². The van der Waals surface area contributed by atoms with Gasteiger partial charge in [-0.2, -0.15) is 13.2 Å². The average Bonchev–Trinajstić information content (AvgIpc) is 3.10. The topological polar surface area (TPSA) is 59.2 Å². The van der Waals surface area contributed by atoms with E-state index in [4.69, 9.17) is 4.52 Å². The second-order valence-corrected chi connectivity index (χ2v) is 6.23. The number of hydrogen-bond donors (Lipinski definition) is 0. The molecule has 8 heteroatoms. The molecule has 27 heavy (non-hydrogen) atoms. The number of hydrogen-bond acceptors (Lipinski definition) is 4. The SMILES string of the molecule is O=C(c1cccnc1)N1CCc2onc(-c3ccc(C(F)(F)F)cc3)c2C1. The molecule has 3 aromatic rings. The van der Waals surface area contributed by atoms with Crippen molar-refractivity contribution < 1.29 is 22.5 Å². The van der Waals surface area contributed by atoms with Crippen LogP contribution in [0.4, 0.5) is 13.2 Å². The molecular formula is C19H14F3N3O2. The van der Waals surface area contributed by atoms with Crippen molar-refractivity contribution in [1.29, 1.82) is 0 Å². The number of amides is 1. The van der Waals surface area contributed by atoms with Crippen LogP contribution in [-0.2, 0) is 19.1 Å². The Hall–Kier alpha value is -3.16. The fourth-order valence-electron chi connectivity index (χ4n) is 3.10. The molecule has 0 aliphatic carbocycles. The minimum atomic E-state index is -4.39. The second-order valence-electron chi connectivity index (χ2n) is 6.23. The fraction of sp³-hybridized carbons (Fsp3) is 0.211. The van der Waals surface area contributed by atoms with Gasteiger partial charge in [0.25, 0.3) is 5.91 Å². The second kappa shape index (κ2) is 6.53. The van der Waals surface area contributed by atoms with E-state index in [1.807, 2.05) is 0 Å². The molecule has 4 rings (SSSR count). The lowest BCUT2D eigenvalue weighted by Gasteiger charge is -2.26. The molecule has 0 atom stereocenters. The minimum Gasteiger partial charge on any atom is -0.360 e. The van der Waals surface area contributed by atoms with Crippen LogP contribution < -0.4 is 0 Å². The van der Waals surface area contributed by atoms with Gasteiger partial charge in [0, 0.05) is 36.5 Å². The van der Waals surface area contributed by atoms with Gasteiger partial charge in [0.15, 0.2) is 0 Å². The number of benzene rings is 1. The first-order valence-corrected chi connectivity index (χ1v) is 8.28. The Bertz CT molecular complexity index is 966. The molecule has 3 heterocycles. The molecule has 1 aromatic carbocycles. The first-order chi connectivity index (χ1) is 12.9. The third kappa shape index (κ3) is 3.30. The maximum atomic E-state index is 12.8. The maximum absolute atomic E-state index is 12.8. The van der Waals surface area contributed by atoms with Crippen LogP contribution in [0, 0.1) is 0 Å². The van der Waals surface area contributed by atoms with Gasteiger partial charge in [0.2, 0.25) is 0 Å². The van der Waals surface area contributed by atoms with Crippen molar-refractivity contribution in [2.75, 3.05) is 6.54 Å². The molecule has 5 nitrogen and oxygen atoms in total. The number of pyridine rings is 1. The van der Waals surface area contributed by atoms with Crippen LogP contribution >= 0.6 is 0 Å². The number of aromatic nitrogens is 2. The van der Waals surface area contributed by atoms with Gasteiger partial charge in [-0.3, -0.25) is 9.78 Å². The Morgan fingerprint density at radius 1 is 1.15 bits per heavy atom. The van der Waals surface area contributed by atoms with Crippen LogP contribution in [0.3, 0.4) is 0 Å². The zero-order valence-electron chi connectivity index (χ0n) is 14.0. The van der Waals surface area contributed by atoms with E-state index in [-0.39, 0.29) is 12.5 Å². The van der Waals surface area contributed by atoms with Crippen LogP contribution in [0.5, 0.6) is 0 Å². The molecular weight excluding hydrogens is 359 g/mol. The van der Waals surface area contributed by atoms with E-state index in [1.54, 1.807) is 23.2 Å². The highest BCUT2D eigenvalue weighted by Crippen LogP contribution is 2.33. The first kappa shape index (κ1) is 17.3. The largest absolute Gasteiger partial charge is 0.416 e. The predicted molar refractivity (Wildman–Crippen MR) is 89.6 cm³/mol. The van der Waals surface area contributed by atoms with Crippen molar-refractivity contribution in [1.82, 2.24) is 15.0 Å². The highest BCUT2D eigenvalue weighted by molar-refractivity contribution is 5.94. The van der Waals surface area contributed by atoms with Crippen molar-refractivity contribution >= 4 is 5.91 Å². The zero-order valence-corrected chi connectivity index (χ0v) is 14.0. The maximum Gasteiger partial charge on any atom is 0.416 e. The number of carbonyl (C=O) groups is 1. The Morgan fingerprint density at radius 3 is 2.59 bits per heavy atom. The summed E-state index contributed by atoms with van der Waals surface area (Å²) >= 11 is 0. The fourth-order valence-corrected chi connectivity index (χ4v) is 3.10. The molecule has 0 fully saturated rings. The molecule has 0 N–H and O–H groups in total.